The third-order valence-corrected chi connectivity index (χ3v) is 5.00. The predicted molar refractivity (Wildman–Crippen MR) is 116 cm³/mol. The fourth-order valence-corrected chi connectivity index (χ4v) is 3.30. The van der Waals surface area contributed by atoms with Crippen LogP contribution >= 0.6 is 11.8 Å². The van der Waals surface area contributed by atoms with Gasteiger partial charge in [0.1, 0.15) is 16.5 Å². The van der Waals surface area contributed by atoms with Crippen LogP contribution in [0, 0.1) is 6.92 Å². The van der Waals surface area contributed by atoms with Gasteiger partial charge in [0, 0.05) is 5.56 Å². The standard InChI is InChI=1S/C22H23N3O3S/c1-4-28-17-8-6-16(7-9-17)18-10-12-22(25-24-18)29-14-21(26)23-19-13-15(2)5-11-20(19)27-3/h5-13H,4,14H2,1-3H3,(H,23,26). The average molecular weight is 410 g/mol. The summed E-state index contributed by atoms with van der Waals surface area (Å²) < 4.78 is 10.7. The summed E-state index contributed by atoms with van der Waals surface area (Å²) >= 11 is 1.33. The third kappa shape index (κ3) is 5.71. The van der Waals surface area contributed by atoms with Crippen LogP contribution in [0.3, 0.4) is 0 Å². The second-order valence-corrected chi connectivity index (χ2v) is 7.25. The van der Waals surface area contributed by atoms with Crippen LogP contribution in [0.15, 0.2) is 59.6 Å². The SMILES string of the molecule is CCOc1ccc(-c2ccc(SCC(=O)Nc3cc(C)ccc3OC)nn2)cc1. The topological polar surface area (TPSA) is 73.3 Å². The first kappa shape index (κ1) is 20.7. The Bertz CT molecular complexity index is 960. The Morgan fingerprint density at radius 2 is 1.86 bits per heavy atom. The van der Waals surface area contributed by atoms with Gasteiger partial charge in [-0.3, -0.25) is 4.79 Å². The Hall–Kier alpha value is -3.06. The third-order valence-electron chi connectivity index (χ3n) is 4.08. The molecule has 3 rings (SSSR count). The van der Waals surface area contributed by atoms with Crippen LogP contribution < -0.4 is 14.8 Å². The van der Waals surface area contributed by atoms with Crippen LogP contribution in [0.25, 0.3) is 11.3 Å². The molecule has 0 saturated carbocycles. The van der Waals surface area contributed by atoms with Gasteiger partial charge < -0.3 is 14.8 Å². The maximum Gasteiger partial charge on any atom is 0.234 e. The molecule has 150 valence electrons. The van der Waals surface area contributed by atoms with E-state index in [0.29, 0.717) is 23.1 Å². The highest BCUT2D eigenvalue weighted by Gasteiger charge is 2.10. The molecule has 3 aromatic rings. The van der Waals surface area contributed by atoms with Crippen LogP contribution in [-0.2, 0) is 4.79 Å². The molecule has 0 aliphatic rings. The molecule has 0 aliphatic carbocycles. The number of thioether (sulfide) groups is 1. The lowest BCUT2D eigenvalue weighted by molar-refractivity contribution is -0.113. The fraction of sp³-hybridized carbons (Fsp3) is 0.227. The van der Waals surface area contributed by atoms with Crippen LogP contribution in [0.1, 0.15) is 12.5 Å². The largest absolute Gasteiger partial charge is 0.495 e. The number of carbonyl (C=O) groups excluding carboxylic acids is 1. The second-order valence-electron chi connectivity index (χ2n) is 6.25. The quantitative estimate of drug-likeness (QED) is 0.549. The molecular formula is C22H23N3O3S. The molecule has 2 aromatic carbocycles. The summed E-state index contributed by atoms with van der Waals surface area (Å²) in [4.78, 5) is 12.3. The maximum absolute atomic E-state index is 12.3. The smallest absolute Gasteiger partial charge is 0.234 e. The Kier molecular flexibility index (Phi) is 7.08. The number of ether oxygens (including phenoxy) is 2. The van der Waals surface area contributed by atoms with E-state index in [9.17, 15) is 4.79 Å². The summed E-state index contributed by atoms with van der Waals surface area (Å²) in [5.41, 5.74) is 3.44. The molecule has 0 unspecified atom stereocenters. The van der Waals surface area contributed by atoms with Crippen molar-refractivity contribution in [2.45, 2.75) is 18.9 Å². The Balaban J connectivity index is 1.57. The van der Waals surface area contributed by atoms with Gasteiger partial charge in [0.15, 0.2) is 0 Å². The molecular weight excluding hydrogens is 386 g/mol. The molecule has 0 atom stereocenters. The van der Waals surface area contributed by atoms with E-state index >= 15 is 0 Å². The summed E-state index contributed by atoms with van der Waals surface area (Å²) in [5.74, 6) is 1.56. The molecule has 1 amide bonds. The van der Waals surface area contributed by atoms with Crippen molar-refractivity contribution in [2.24, 2.45) is 0 Å². The Morgan fingerprint density at radius 1 is 1.07 bits per heavy atom. The number of anilines is 1. The van der Waals surface area contributed by atoms with Crippen molar-refractivity contribution in [3.8, 4) is 22.8 Å². The van der Waals surface area contributed by atoms with Gasteiger partial charge in [-0.2, -0.15) is 0 Å². The molecule has 29 heavy (non-hydrogen) atoms. The molecule has 6 nitrogen and oxygen atoms in total. The highest BCUT2D eigenvalue weighted by atomic mass is 32.2. The summed E-state index contributed by atoms with van der Waals surface area (Å²) in [6.45, 7) is 4.55. The van der Waals surface area contributed by atoms with Crippen LogP contribution in [0.4, 0.5) is 5.69 Å². The summed E-state index contributed by atoms with van der Waals surface area (Å²) in [5, 5.41) is 12.0. The molecule has 0 radical (unpaired) electrons. The number of nitrogens with zero attached hydrogens (tertiary/aromatic N) is 2. The number of hydrogen-bond acceptors (Lipinski definition) is 6. The first-order valence-electron chi connectivity index (χ1n) is 9.23. The number of nitrogens with one attached hydrogen (secondary N) is 1. The molecule has 0 aliphatic heterocycles. The van der Waals surface area contributed by atoms with Crippen LogP contribution in [-0.4, -0.2) is 35.6 Å². The summed E-state index contributed by atoms with van der Waals surface area (Å²) in [6.07, 6.45) is 0. The zero-order valence-corrected chi connectivity index (χ0v) is 17.5. The molecule has 0 fully saturated rings. The van der Waals surface area contributed by atoms with Gasteiger partial charge in [-0.25, -0.2) is 0 Å². The number of aryl methyl sites for hydroxylation is 1. The van der Waals surface area contributed by atoms with Crippen molar-refractivity contribution in [1.29, 1.82) is 0 Å². The van der Waals surface area contributed by atoms with Crippen molar-refractivity contribution in [3.63, 3.8) is 0 Å². The van der Waals surface area contributed by atoms with Gasteiger partial charge in [-0.15, -0.1) is 10.2 Å². The van der Waals surface area contributed by atoms with Crippen LogP contribution in [0.2, 0.25) is 0 Å². The highest BCUT2D eigenvalue weighted by Crippen LogP contribution is 2.26. The van der Waals surface area contributed by atoms with Crippen molar-refractivity contribution in [3.05, 3.63) is 60.2 Å². The van der Waals surface area contributed by atoms with E-state index in [-0.39, 0.29) is 11.7 Å². The van der Waals surface area contributed by atoms with E-state index in [4.69, 9.17) is 9.47 Å². The van der Waals surface area contributed by atoms with Crippen molar-refractivity contribution < 1.29 is 14.3 Å². The zero-order chi connectivity index (χ0) is 20.6. The van der Waals surface area contributed by atoms with E-state index in [1.807, 2.05) is 68.4 Å². The van der Waals surface area contributed by atoms with Gasteiger partial charge in [0.05, 0.1) is 30.9 Å². The molecule has 0 spiro atoms. The van der Waals surface area contributed by atoms with E-state index in [2.05, 4.69) is 15.5 Å². The summed E-state index contributed by atoms with van der Waals surface area (Å²) in [7, 11) is 1.58. The van der Waals surface area contributed by atoms with Crippen molar-refractivity contribution >= 4 is 23.4 Å². The second kappa shape index (κ2) is 9.93. The van der Waals surface area contributed by atoms with E-state index < -0.39 is 0 Å². The van der Waals surface area contributed by atoms with Gasteiger partial charge >= 0.3 is 0 Å². The lowest BCUT2D eigenvalue weighted by Crippen LogP contribution is -2.15. The van der Waals surface area contributed by atoms with Gasteiger partial charge in [0.2, 0.25) is 5.91 Å². The molecule has 0 bridgehead atoms. The highest BCUT2D eigenvalue weighted by molar-refractivity contribution is 7.99. The van der Waals surface area contributed by atoms with Crippen LogP contribution in [0.5, 0.6) is 11.5 Å². The van der Waals surface area contributed by atoms with E-state index in [0.717, 1.165) is 22.6 Å². The minimum absolute atomic E-state index is 0.128. The number of rotatable bonds is 8. The maximum atomic E-state index is 12.3. The number of carbonyl (C=O) groups is 1. The molecule has 1 heterocycles. The number of aromatic nitrogens is 2. The first-order chi connectivity index (χ1) is 14.1. The molecule has 0 saturated heterocycles. The monoisotopic (exact) mass is 409 g/mol. The fourth-order valence-electron chi connectivity index (χ4n) is 2.68. The van der Waals surface area contributed by atoms with Gasteiger partial charge in [-0.05, 0) is 67.9 Å². The minimum Gasteiger partial charge on any atom is -0.495 e. The number of benzene rings is 2. The Morgan fingerprint density at radius 3 is 2.52 bits per heavy atom. The molecule has 1 aromatic heterocycles. The van der Waals surface area contributed by atoms with E-state index in [1.54, 1.807) is 7.11 Å². The summed E-state index contributed by atoms with van der Waals surface area (Å²) in [6, 6.07) is 17.1. The lowest BCUT2D eigenvalue weighted by atomic mass is 10.1. The van der Waals surface area contributed by atoms with Crippen molar-refractivity contribution in [2.75, 3.05) is 24.8 Å². The zero-order valence-electron chi connectivity index (χ0n) is 16.6. The van der Waals surface area contributed by atoms with Crippen molar-refractivity contribution in [1.82, 2.24) is 10.2 Å². The minimum atomic E-state index is -0.128. The van der Waals surface area contributed by atoms with E-state index in [1.165, 1.54) is 11.8 Å². The molecule has 7 heteroatoms. The predicted octanol–water partition coefficient (Wildman–Crippen LogP) is 4.59. The van der Waals surface area contributed by atoms with Gasteiger partial charge in [-0.1, -0.05) is 17.8 Å². The number of amides is 1. The lowest BCUT2D eigenvalue weighted by Gasteiger charge is -2.10. The molecule has 1 N–H and O–H groups in total. The number of hydrogen-bond donors (Lipinski definition) is 1. The Labute approximate surface area is 174 Å². The normalized spacial score (nSPS) is 10.4. The van der Waals surface area contributed by atoms with Gasteiger partial charge in [0.25, 0.3) is 0 Å². The average Bonchev–Trinajstić information content (AvgIpc) is 2.74. The number of methoxy groups -OCH3 is 1. The first-order valence-corrected chi connectivity index (χ1v) is 10.2.